The van der Waals surface area contributed by atoms with Crippen molar-refractivity contribution in [3.63, 3.8) is 0 Å². The minimum absolute atomic E-state index is 0.0110. The largest absolute Gasteiger partial charge is 0.481 e. The minimum atomic E-state index is -4.08. The van der Waals surface area contributed by atoms with Crippen LogP contribution in [-0.2, 0) is 36.7 Å². The van der Waals surface area contributed by atoms with Gasteiger partial charge in [-0.3, -0.25) is 18.9 Å². The fourth-order valence-corrected chi connectivity index (χ4v) is 5.46. The summed E-state index contributed by atoms with van der Waals surface area (Å²) in [5.74, 6) is -5.42. The molecule has 2 aromatic carbocycles. The predicted octanol–water partition coefficient (Wildman–Crippen LogP) is 3.42. The Hall–Kier alpha value is -2.96. The second kappa shape index (κ2) is 12.2. The van der Waals surface area contributed by atoms with Crippen molar-refractivity contribution in [1.82, 2.24) is 0 Å². The van der Waals surface area contributed by atoms with E-state index in [4.69, 9.17) is 9.84 Å². The van der Waals surface area contributed by atoms with Crippen LogP contribution in [0.5, 0.6) is 0 Å². The average Bonchev–Trinajstić information content (AvgIpc) is 2.75. The third kappa shape index (κ3) is 9.04. The fourth-order valence-electron chi connectivity index (χ4n) is 3.32. The zero-order valence-electron chi connectivity index (χ0n) is 17.5. The lowest BCUT2D eigenvalue weighted by atomic mass is 10.0. The first kappa shape index (κ1) is 25.3. The number of carboxylic acid groups (broad SMARTS) is 2. The monoisotopic (exact) mass is 462 g/mol. The van der Waals surface area contributed by atoms with Gasteiger partial charge in [0, 0.05) is 18.7 Å². The van der Waals surface area contributed by atoms with Gasteiger partial charge in [0.2, 0.25) is 7.37 Å². The van der Waals surface area contributed by atoms with Crippen LogP contribution in [0.25, 0.3) is 0 Å². The molecule has 0 aliphatic carbocycles. The van der Waals surface area contributed by atoms with E-state index in [-0.39, 0.29) is 19.4 Å². The third-order valence-corrected chi connectivity index (χ3v) is 6.97. The van der Waals surface area contributed by atoms with E-state index in [1.807, 2.05) is 12.1 Å². The third-order valence-electron chi connectivity index (χ3n) is 4.95. The number of aliphatic carboxylic acids is 2. The summed E-state index contributed by atoms with van der Waals surface area (Å²) in [7, 11) is -4.08. The van der Waals surface area contributed by atoms with Crippen molar-refractivity contribution in [3.05, 3.63) is 71.8 Å². The molecular weight excluding hydrogens is 435 g/mol. The minimum Gasteiger partial charge on any atom is -0.481 e. The van der Waals surface area contributed by atoms with Gasteiger partial charge in [-0.25, -0.2) is 0 Å². The van der Waals surface area contributed by atoms with E-state index in [1.54, 1.807) is 48.5 Å². The zero-order valence-corrected chi connectivity index (χ0v) is 18.4. The summed E-state index contributed by atoms with van der Waals surface area (Å²) < 4.78 is 18.3. The Balaban J connectivity index is 2.12. The molecule has 0 aliphatic rings. The van der Waals surface area contributed by atoms with Gasteiger partial charge in [-0.05, 0) is 24.0 Å². The lowest BCUT2D eigenvalue weighted by molar-refractivity contribution is -0.149. The van der Waals surface area contributed by atoms with Crippen molar-refractivity contribution in [2.75, 3.05) is 12.3 Å². The molecule has 2 rings (SSSR count). The van der Waals surface area contributed by atoms with Gasteiger partial charge >= 0.3 is 17.9 Å². The molecular formula is C23H27O8P. The fraction of sp³-hybridized carbons (Fsp3) is 0.348. The van der Waals surface area contributed by atoms with Crippen LogP contribution in [0.2, 0.25) is 0 Å². The van der Waals surface area contributed by atoms with Crippen LogP contribution < -0.4 is 0 Å². The Morgan fingerprint density at radius 1 is 0.844 bits per heavy atom. The molecule has 3 atom stereocenters. The van der Waals surface area contributed by atoms with Gasteiger partial charge in [-0.15, -0.1) is 0 Å². The Bertz CT molecular complexity index is 945. The van der Waals surface area contributed by atoms with Gasteiger partial charge in [0.15, 0.2) is 0 Å². The number of ether oxygens (including phenoxy) is 1. The Morgan fingerprint density at radius 3 is 1.91 bits per heavy atom. The van der Waals surface area contributed by atoms with Crippen molar-refractivity contribution in [3.8, 4) is 0 Å². The molecule has 32 heavy (non-hydrogen) atoms. The lowest BCUT2D eigenvalue weighted by Gasteiger charge is -2.22. The van der Waals surface area contributed by atoms with E-state index < -0.39 is 55.9 Å². The highest BCUT2D eigenvalue weighted by atomic mass is 31.2. The van der Waals surface area contributed by atoms with E-state index in [2.05, 4.69) is 0 Å². The summed E-state index contributed by atoms with van der Waals surface area (Å²) in [6.07, 6.45) is -1.59. The summed E-state index contributed by atoms with van der Waals surface area (Å²) >= 11 is 0. The average molecular weight is 462 g/mol. The van der Waals surface area contributed by atoms with Gasteiger partial charge in [0.25, 0.3) is 0 Å². The maximum Gasteiger partial charge on any atom is 0.310 e. The number of carbonyl (C=O) groups is 3. The van der Waals surface area contributed by atoms with Crippen LogP contribution >= 0.6 is 7.37 Å². The summed E-state index contributed by atoms with van der Waals surface area (Å²) in [5.41, 5.74) is 1.54. The van der Waals surface area contributed by atoms with Crippen LogP contribution in [0.3, 0.4) is 0 Å². The topological polar surface area (TPSA) is 138 Å². The molecule has 0 aliphatic heterocycles. The lowest BCUT2D eigenvalue weighted by Crippen LogP contribution is -2.26. The molecule has 2 aromatic rings. The number of hydrogen-bond donors (Lipinski definition) is 3. The second-order valence-corrected chi connectivity index (χ2v) is 10.1. The normalized spacial score (nSPS) is 14.7. The molecule has 3 N–H and O–H groups in total. The van der Waals surface area contributed by atoms with Crippen molar-refractivity contribution < 1.29 is 38.8 Å². The van der Waals surface area contributed by atoms with Crippen molar-refractivity contribution in [2.45, 2.75) is 25.9 Å². The van der Waals surface area contributed by atoms with Gasteiger partial charge < -0.3 is 19.8 Å². The molecule has 0 aromatic heterocycles. The van der Waals surface area contributed by atoms with Crippen LogP contribution in [0.4, 0.5) is 0 Å². The van der Waals surface area contributed by atoms with Crippen LogP contribution in [-0.4, -0.2) is 45.3 Å². The standard InChI is InChI=1S/C23H27O8P/c24-21(25)12-11-19(22(26)27)15-32(29,30)16-20(13-17-7-3-1-4-8-17)23(28)31-14-18-9-5-2-6-10-18/h1-10,19-20H,11-16H2,(H,24,25)(H,26,27)(H,29,30). The van der Waals surface area contributed by atoms with Crippen molar-refractivity contribution in [2.24, 2.45) is 11.8 Å². The molecule has 0 fully saturated rings. The highest BCUT2D eigenvalue weighted by molar-refractivity contribution is 7.58. The number of hydrogen-bond acceptors (Lipinski definition) is 5. The summed E-state index contributed by atoms with van der Waals surface area (Å²) in [4.78, 5) is 45.5. The number of rotatable bonds is 13. The second-order valence-electron chi connectivity index (χ2n) is 7.66. The van der Waals surface area contributed by atoms with E-state index in [0.29, 0.717) is 0 Å². The first-order chi connectivity index (χ1) is 15.2. The molecule has 0 bridgehead atoms. The highest BCUT2D eigenvalue weighted by Gasteiger charge is 2.34. The molecule has 9 heteroatoms. The Labute approximate surface area is 186 Å². The first-order valence-electron chi connectivity index (χ1n) is 10.2. The van der Waals surface area contributed by atoms with Crippen LogP contribution in [0.1, 0.15) is 24.0 Å². The molecule has 3 unspecified atom stereocenters. The number of esters is 1. The summed E-state index contributed by atoms with van der Waals surface area (Å²) in [6.45, 7) is 0.0110. The molecule has 172 valence electrons. The molecule has 0 radical (unpaired) electrons. The van der Waals surface area contributed by atoms with E-state index in [9.17, 15) is 28.9 Å². The SMILES string of the molecule is O=C(O)CCC(CP(=O)(O)CC(Cc1ccccc1)C(=O)OCc1ccccc1)C(=O)O. The Kier molecular flexibility index (Phi) is 9.62. The van der Waals surface area contributed by atoms with Crippen LogP contribution in [0, 0.1) is 11.8 Å². The molecule has 0 amide bonds. The molecule has 0 saturated carbocycles. The van der Waals surface area contributed by atoms with Crippen molar-refractivity contribution >= 4 is 25.3 Å². The molecule has 0 heterocycles. The number of carbonyl (C=O) groups excluding carboxylic acids is 1. The maximum atomic E-state index is 12.9. The molecule has 8 nitrogen and oxygen atoms in total. The van der Waals surface area contributed by atoms with E-state index >= 15 is 0 Å². The first-order valence-corrected chi connectivity index (χ1v) is 12.2. The number of carboxylic acids is 2. The van der Waals surface area contributed by atoms with E-state index in [0.717, 1.165) is 11.1 Å². The van der Waals surface area contributed by atoms with Crippen molar-refractivity contribution in [1.29, 1.82) is 0 Å². The van der Waals surface area contributed by atoms with Gasteiger partial charge in [0.1, 0.15) is 6.61 Å². The number of benzene rings is 2. The Morgan fingerprint density at radius 2 is 1.38 bits per heavy atom. The van der Waals surface area contributed by atoms with Crippen LogP contribution in [0.15, 0.2) is 60.7 Å². The maximum absolute atomic E-state index is 12.9. The molecule has 0 saturated heterocycles. The van der Waals surface area contributed by atoms with E-state index in [1.165, 1.54) is 0 Å². The highest BCUT2D eigenvalue weighted by Crippen LogP contribution is 2.46. The zero-order chi connectivity index (χ0) is 23.6. The summed E-state index contributed by atoms with van der Waals surface area (Å²) in [5, 5.41) is 18.1. The smallest absolute Gasteiger partial charge is 0.310 e. The van der Waals surface area contributed by atoms with Gasteiger partial charge in [0.05, 0.1) is 11.8 Å². The quantitative estimate of drug-likeness (QED) is 0.304. The predicted molar refractivity (Wildman–Crippen MR) is 117 cm³/mol. The molecule has 0 spiro atoms. The summed E-state index contributed by atoms with van der Waals surface area (Å²) in [6, 6.07) is 18.0. The van der Waals surface area contributed by atoms with Gasteiger partial charge in [-0.2, -0.15) is 0 Å². The van der Waals surface area contributed by atoms with Gasteiger partial charge in [-0.1, -0.05) is 60.7 Å².